The molecule has 4 rings (SSSR count). The molecule has 0 N–H and O–H groups in total. The van der Waals surface area contributed by atoms with Crippen molar-refractivity contribution in [1.29, 1.82) is 0 Å². The van der Waals surface area contributed by atoms with Gasteiger partial charge in [-0.25, -0.2) is 8.42 Å². The van der Waals surface area contributed by atoms with Gasteiger partial charge in [0.25, 0.3) is 0 Å². The number of methoxy groups -OCH3 is 1. The van der Waals surface area contributed by atoms with Crippen LogP contribution >= 0.6 is 0 Å². The lowest BCUT2D eigenvalue weighted by Crippen LogP contribution is -2.50. The molecule has 6 nitrogen and oxygen atoms in total. The van der Waals surface area contributed by atoms with Crippen molar-refractivity contribution < 1.29 is 17.9 Å². The van der Waals surface area contributed by atoms with E-state index in [0.29, 0.717) is 13.1 Å². The zero-order valence-corrected chi connectivity index (χ0v) is 18.1. The van der Waals surface area contributed by atoms with Gasteiger partial charge in [-0.05, 0) is 46.7 Å². The molecular weight excluding hydrogens is 412 g/mol. The minimum Gasteiger partial charge on any atom is -0.497 e. The van der Waals surface area contributed by atoms with E-state index < -0.39 is 10.0 Å². The average molecular weight is 437 g/mol. The third kappa shape index (κ3) is 4.62. The van der Waals surface area contributed by atoms with Crippen LogP contribution in [-0.2, 0) is 14.8 Å². The number of sulfonamides is 1. The topological polar surface area (TPSA) is 66.9 Å². The summed E-state index contributed by atoms with van der Waals surface area (Å²) < 4.78 is 32.8. The summed E-state index contributed by atoms with van der Waals surface area (Å²) >= 11 is 0. The Kier molecular flexibility index (Phi) is 6.06. The molecule has 31 heavy (non-hydrogen) atoms. The molecule has 3 aromatic carbocycles. The van der Waals surface area contributed by atoms with Crippen LogP contribution in [0.2, 0.25) is 0 Å². The van der Waals surface area contributed by atoms with E-state index in [9.17, 15) is 13.2 Å². The van der Waals surface area contributed by atoms with Crippen molar-refractivity contribution in [1.82, 2.24) is 9.21 Å². The monoisotopic (exact) mass is 436 g/mol. The van der Waals surface area contributed by atoms with Crippen LogP contribution in [-0.4, -0.2) is 56.8 Å². The highest BCUT2D eigenvalue weighted by molar-refractivity contribution is 7.89. The van der Waals surface area contributed by atoms with E-state index in [1.165, 1.54) is 10.4 Å². The van der Waals surface area contributed by atoms with E-state index in [4.69, 9.17) is 4.74 Å². The van der Waals surface area contributed by atoms with Crippen molar-refractivity contribution in [2.45, 2.75) is 4.90 Å². The third-order valence-corrected chi connectivity index (χ3v) is 7.32. The molecule has 0 radical (unpaired) electrons. The second kappa shape index (κ2) is 8.91. The number of fused-ring (bicyclic) bond motifs is 1. The molecule has 0 atom stereocenters. The second-order valence-electron chi connectivity index (χ2n) is 7.35. The minimum atomic E-state index is -3.60. The number of amides is 1. The van der Waals surface area contributed by atoms with Gasteiger partial charge in [-0.2, -0.15) is 4.31 Å². The maximum absolute atomic E-state index is 13.1. The predicted molar refractivity (Wildman–Crippen MR) is 121 cm³/mol. The molecule has 1 heterocycles. The SMILES string of the molecule is COc1cccc(/C=C/C(=O)N2CCN(S(=O)(=O)c3ccc4ccccc4c3)CC2)c1. The van der Waals surface area contributed by atoms with Crippen molar-refractivity contribution in [2.24, 2.45) is 0 Å². The van der Waals surface area contributed by atoms with Gasteiger partial charge in [0, 0.05) is 32.3 Å². The molecule has 7 heteroatoms. The van der Waals surface area contributed by atoms with Gasteiger partial charge in [0.15, 0.2) is 0 Å². The number of hydrogen-bond donors (Lipinski definition) is 0. The molecular formula is C24H24N2O4S. The fraction of sp³-hybridized carbons (Fsp3) is 0.208. The molecule has 1 aliphatic rings. The lowest BCUT2D eigenvalue weighted by Gasteiger charge is -2.33. The van der Waals surface area contributed by atoms with Crippen LogP contribution in [0, 0.1) is 0 Å². The third-order valence-electron chi connectivity index (χ3n) is 5.42. The van der Waals surface area contributed by atoms with Crippen LogP contribution in [0.5, 0.6) is 5.75 Å². The Labute approximate surface area is 182 Å². The summed E-state index contributed by atoms with van der Waals surface area (Å²) in [5, 5.41) is 1.89. The molecule has 0 aliphatic carbocycles. The Morgan fingerprint density at radius 2 is 1.65 bits per heavy atom. The molecule has 3 aromatic rings. The standard InChI is InChI=1S/C24H24N2O4S/c1-30-22-8-4-5-19(17-22)9-12-24(27)25-13-15-26(16-14-25)31(28,29)23-11-10-20-6-2-3-7-21(20)18-23/h2-12,17-18H,13-16H2,1H3/b12-9+. The van der Waals surface area contributed by atoms with Gasteiger partial charge in [-0.15, -0.1) is 0 Å². The fourth-order valence-electron chi connectivity index (χ4n) is 3.64. The Morgan fingerprint density at radius 3 is 2.39 bits per heavy atom. The first-order valence-corrected chi connectivity index (χ1v) is 11.5. The lowest BCUT2D eigenvalue weighted by atomic mass is 10.1. The van der Waals surface area contributed by atoms with Gasteiger partial charge in [-0.3, -0.25) is 4.79 Å². The van der Waals surface area contributed by atoms with Gasteiger partial charge in [0.1, 0.15) is 5.75 Å². The summed E-state index contributed by atoms with van der Waals surface area (Å²) in [6, 6.07) is 20.3. The number of benzene rings is 3. The number of nitrogens with zero attached hydrogens (tertiary/aromatic N) is 2. The quantitative estimate of drug-likeness (QED) is 0.575. The van der Waals surface area contributed by atoms with Gasteiger partial charge < -0.3 is 9.64 Å². The molecule has 0 unspecified atom stereocenters. The molecule has 1 fully saturated rings. The molecule has 0 saturated carbocycles. The van der Waals surface area contributed by atoms with Gasteiger partial charge in [-0.1, -0.05) is 42.5 Å². The second-order valence-corrected chi connectivity index (χ2v) is 9.29. The van der Waals surface area contributed by atoms with E-state index in [1.54, 1.807) is 30.2 Å². The highest BCUT2D eigenvalue weighted by Gasteiger charge is 2.29. The highest BCUT2D eigenvalue weighted by atomic mass is 32.2. The highest BCUT2D eigenvalue weighted by Crippen LogP contribution is 2.23. The van der Waals surface area contributed by atoms with Crippen LogP contribution in [0.1, 0.15) is 5.56 Å². The van der Waals surface area contributed by atoms with Gasteiger partial charge >= 0.3 is 0 Å². The summed E-state index contributed by atoms with van der Waals surface area (Å²) in [7, 11) is -2.01. The van der Waals surface area contributed by atoms with Crippen LogP contribution in [0.3, 0.4) is 0 Å². The summed E-state index contributed by atoms with van der Waals surface area (Å²) in [6.45, 7) is 1.25. The first-order valence-electron chi connectivity index (χ1n) is 10.1. The smallest absolute Gasteiger partial charge is 0.246 e. The van der Waals surface area contributed by atoms with Crippen LogP contribution in [0.25, 0.3) is 16.8 Å². The van der Waals surface area contributed by atoms with E-state index >= 15 is 0 Å². The van der Waals surface area contributed by atoms with Crippen molar-refractivity contribution in [3.63, 3.8) is 0 Å². The predicted octanol–water partition coefficient (Wildman–Crippen LogP) is 3.39. The zero-order chi connectivity index (χ0) is 21.8. The number of hydrogen-bond acceptors (Lipinski definition) is 4. The first-order chi connectivity index (χ1) is 15.0. The molecule has 160 valence electrons. The Hall–Kier alpha value is -3.16. The normalized spacial score (nSPS) is 15.5. The number of piperazine rings is 1. The Bertz CT molecular complexity index is 1230. The summed E-state index contributed by atoms with van der Waals surface area (Å²) in [5.74, 6) is 0.590. The molecule has 1 aliphatic heterocycles. The molecule has 1 amide bonds. The van der Waals surface area contributed by atoms with E-state index in [2.05, 4.69) is 0 Å². The van der Waals surface area contributed by atoms with Crippen molar-refractivity contribution in [3.8, 4) is 5.75 Å². The maximum atomic E-state index is 13.1. The number of carbonyl (C=O) groups is 1. The van der Waals surface area contributed by atoms with Crippen molar-refractivity contribution in [3.05, 3.63) is 78.4 Å². The van der Waals surface area contributed by atoms with E-state index in [1.807, 2.05) is 54.6 Å². The molecule has 0 aromatic heterocycles. The Balaban J connectivity index is 1.41. The maximum Gasteiger partial charge on any atom is 0.246 e. The number of ether oxygens (including phenoxy) is 1. The first kappa shape index (κ1) is 21.1. The van der Waals surface area contributed by atoms with Gasteiger partial charge in [0.2, 0.25) is 15.9 Å². The van der Waals surface area contributed by atoms with E-state index in [0.717, 1.165) is 22.1 Å². The van der Waals surface area contributed by atoms with Gasteiger partial charge in [0.05, 0.1) is 12.0 Å². The van der Waals surface area contributed by atoms with Crippen molar-refractivity contribution in [2.75, 3.05) is 33.3 Å². The van der Waals surface area contributed by atoms with Crippen LogP contribution in [0.15, 0.2) is 77.7 Å². The van der Waals surface area contributed by atoms with Crippen LogP contribution in [0.4, 0.5) is 0 Å². The minimum absolute atomic E-state index is 0.134. The van der Waals surface area contributed by atoms with Crippen LogP contribution < -0.4 is 4.74 Å². The number of rotatable bonds is 5. The zero-order valence-electron chi connectivity index (χ0n) is 17.3. The summed E-state index contributed by atoms with van der Waals surface area (Å²) in [4.78, 5) is 14.5. The number of carbonyl (C=O) groups excluding carboxylic acids is 1. The Morgan fingerprint density at radius 1 is 0.903 bits per heavy atom. The summed E-state index contributed by atoms with van der Waals surface area (Å²) in [5.41, 5.74) is 0.866. The summed E-state index contributed by atoms with van der Waals surface area (Å²) in [6.07, 6.45) is 3.26. The van der Waals surface area contributed by atoms with E-state index in [-0.39, 0.29) is 23.9 Å². The lowest BCUT2D eigenvalue weighted by molar-refractivity contribution is -0.127. The molecule has 0 bridgehead atoms. The molecule has 0 spiro atoms. The van der Waals surface area contributed by atoms with Crippen molar-refractivity contribution >= 4 is 32.8 Å². The molecule has 1 saturated heterocycles. The average Bonchev–Trinajstić information content (AvgIpc) is 2.82. The largest absolute Gasteiger partial charge is 0.497 e. The fourth-order valence-corrected chi connectivity index (χ4v) is 5.10.